The number of para-hydroxylation sites is 1. The van der Waals surface area contributed by atoms with Gasteiger partial charge in [0.2, 0.25) is 0 Å². The number of aliphatic hydroxyl groups excluding tert-OH is 1. The summed E-state index contributed by atoms with van der Waals surface area (Å²) in [6, 6.07) is 15.8. The lowest BCUT2D eigenvalue weighted by Crippen LogP contribution is -2.13. The normalized spacial score (nSPS) is 12.0. The lowest BCUT2D eigenvalue weighted by molar-refractivity contribution is 0.174. The Kier molecular flexibility index (Phi) is 4.64. The highest BCUT2D eigenvalue weighted by Gasteiger charge is 2.14. The molecule has 0 aliphatic rings. The smallest absolute Gasteiger partial charge is 0.120 e. The van der Waals surface area contributed by atoms with Gasteiger partial charge in [-0.25, -0.2) is 0 Å². The number of nitrogens with zero attached hydrogens (tertiary/aromatic N) is 1. The molecule has 0 fully saturated rings. The molecular formula is C17H21NO2. The van der Waals surface area contributed by atoms with Gasteiger partial charge in [0.15, 0.2) is 0 Å². The van der Waals surface area contributed by atoms with Gasteiger partial charge in [0.1, 0.15) is 5.75 Å². The number of aliphatic hydroxyl groups is 1. The molecule has 3 heteroatoms. The largest absolute Gasteiger partial charge is 0.497 e. The first-order valence-corrected chi connectivity index (χ1v) is 6.82. The number of ether oxygens (including phenoxy) is 1. The number of benzene rings is 2. The molecule has 0 saturated carbocycles. The van der Waals surface area contributed by atoms with Crippen LogP contribution in [0.15, 0.2) is 48.5 Å². The van der Waals surface area contributed by atoms with E-state index in [9.17, 15) is 5.11 Å². The predicted octanol–water partition coefficient (Wildman–Crippen LogP) is 3.91. The van der Waals surface area contributed by atoms with Gasteiger partial charge in [0, 0.05) is 30.1 Å². The van der Waals surface area contributed by atoms with Crippen molar-refractivity contribution in [2.75, 3.05) is 19.1 Å². The molecule has 2 rings (SSSR count). The van der Waals surface area contributed by atoms with Gasteiger partial charge in [0.25, 0.3) is 0 Å². The first kappa shape index (κ1) is 14.4. The van der Waals surface area contributed by atoms with Crippen LogP contribution in [0.25, 0.3) is 0 Å². The molecule has 0 aliphatic heterocycles. The summed E-state index contributed by atoms with van der Waals surface area (Å²) in [7, 11) is 3.66. The fourth-order valence-corrected chi connectivity index (χ4v) is 2.25. The average Bonchev–Trinajstić information content (AvgIpc) is 2.53. The summed E-state index contributed by atoms with van der Waals surface area (Å²) in [4.78, 5) is 2.07. The summed E-state index contributed by atoms with van der Waals surface area (Å²) in [6.45, 7) is 1.98. The molecule has 0 amide bonds. The zero-order chi connectivity index (χ0) is 14.5. The van der Waals surface area contributed by atoms with Crippen LogP contribution in [0.5, 0.6) is 5.75 Å². The van der Waals surface area contributed by atoms with Crippen molar-refractivity contribution >= 4 is 11.4 Å². The van der Waals surface area contributed by atoms with E-state index in [1.165, 1.54) is 0 Å². The maximum Gasteiger partial charge on any atom is 0.120 e. The van der Waals surface area contributed by atoms with Crippen LogP contribution in [0.1, 0.15) is 25.0 Å². The second-order valence-electron chi connectivity index (χ2n) is 4.74. The Morgan fingerprint density at radius 3 is 2.60 bits per heavy atom. The third kappa shape index (κ3) is 2.94. The fraction of sp³-hybridized carbons (Fsp3) is 0.294. The quantitative estimate of drug-likeness (QED) is 0.895. The van der Waals surface area contributed by atoms with Gasteiger partial charge in [-0.1, -0.05) is 31.2 Å². The number of anilines is 2. The summed E-state index contributed by atoms with van der Waals surface area (Å²) in [5.41, 5.74) is 2.98. The lowest BCUT2D eigenvalue weighted by atomic mass is 10.0. The van der Waals surface area contributed by atoms with E-state index < -0.39 is 6.10 Å². The third-order valence-corrected chi connectivity index (χ3v) is 3.48. The molecule has 0 spiro atoms. The minimum Gasteiger partial charge on any atom is -0.497 e. The van der Waals surface area contributed by atoms with Crippen LogP contribution >= 0.6 is 0 Å². The van der Waals surface area contributed by atoms with Gasteiger partial charge in [0.05, 0.1) is 13.2 Å². The van der Waals surface area contributed by atoms with Crippen LogP contribution in [0.3, 0.4) is 0 Å². The molecular weight excluding hydrogens is 250 g/mol. The van der Waals surface area contributed by atoms with Crippen molar-refractivity contribution < 1.29 is 9.84 Å². The Morgan fingerprint density at radius 1 is 1.15 bits per heavy atom. The molecule has 0 heterocycles. The molecule has 0 aromatic heterocycles. The number of hydrogen-bond acceptors (Lipinski definition) is 3. The molecule has 20 heavy (non-hydrogen) atoms. The Hall–Kier alpha value is -2.00. The lowest BCUT2D eigenvalue weighted by Gasteiger charge is -2.24. The van der Waals surface area contributed by atoms with Crippen molar-refractivity contribution in [3.63, 3.8) is 0 Å². The number of hydrogen-bond donors (Lipinski definition) is 1. The van der Waals surface area contributed by atoms with Gasteiger partial charge >= 0.3 is 0 Å². The molecule has 2 aromatic carbocycles. The minimum atomic E-state index is -0.445. The standard InChI is InChI=1S/C17H21NO2/c1-4-17(19)15-10-5-6-11-16(15)18(2)13-8-7-9-14(12-13)20-3/h5-12,17,19H,4H2,1-3H3/t17-/m1/s1. The Bertz CT molecular complexity index is 568. The first-order valence-electron chi connectivity index (χ1n) is 6.82. The van der Waals surface area contributed by atoms with Gasteiger partial charge in [-0.3, -0.25) is 0 Å². The Labute approximate surface area is 120 Å². The predicted molar refractivity (Wildman–Crippen MR) is 82.7 cm³/mol. The number of methoxy groups -OCH3 is 1. The topological polar surface area (TPSA) is 32.7 Å². The first-order chi connectivity index (χ1) is 9.67. The van der Waals surface area contributed by atoms with Crippen molar-refractivity contribution in [1.29, 1.82) is 0 Å². The minimum absolute atomic E-state index is 0.445. The van der Waals surface area contributed by atoms with E-state index in [4.69, 9.17) is 4.74 Å². The molecule has 2 aromatic rings. The second-order valence-corrected chi connectivity index (χ2v) is 4.74. The zero-order valence-corrected chi connectivity index (χ0v) is 12.2. The average molecular weight is 271 g/mol. The van der Waals surface area contributed by atoms with Crippen LogP contribution < -0.4 is 9.64 Å². The molecule has 1 atom stereocenters. The van der Waals surface area contributed by atoms with Gasteiger partial charge < -0.3 is 14.7 Å². The van der Waals surface area contributed by atoms with Crippen molar-refractivity contribution in [3.05, 3.63) is 54.1 Å². The zero-order valence-electron chi connectivity index (χ0n) is 12.2. The third-order valence-electron chi connectivity index (χ3n) is 3.48. The Morgan fingerprint density at radius 2 is 1.90 bits per heavy atom. The summed E-state index contributed by atoms with van der Waals surface area (Å²) in [5.74, 6) is 0.822. The monoisotopic (exact) mass is 271 g/mol. The molecule has 3 nitrogen and oxygen atoms in total. The van der Waals surface area contributed by atoms with Crippen LogP contribution in [0, 0.1) is 0 Å². The van der Waals surface area contributed by atoms with E-state index in [0.29, 0.717) is 6.42 Å². The van der Waals surface area contributed by atoms with Crippen molar-refractivity contribution in [2.24, 2.45) is 0 Å². The molecule has 106 valence electrons. The van der Waals surface area contributed by atoms with Crippen molar-refractivity contribution in [1.82, 2.24) is 0 Å². The molecule has 0 saturated heterocycles. The fourth-order valence-electron chi connectivity index (χ4n) is 2.25. The summed E-state index contributed by atoms with van der Waals surface area (Å²) in [5, 5.41) is 10.2. The Balaban J connectivity index is 2.40. The van der Waals surface area contributed by atoms with Crippen LogP contribution in [-0.4, -0.2) is 19.3 Å². The van der Waals surface area contributed by atoms with E-state index in [1.807, 2.05) is 62.5 Å². The second kappa shape index (κ2) is 6.44. The van der Waals surface area contributed by atoms with E-state index in [1.54, 1.807) is 7.11 Å². The van der Waals surface area contributed by atoms with Crippen molar-refractivity contribution in [3.8, 4) is 5.75 Å². The van der Waals surface area contributed by atoms with E-state index >= 15 is 0 Å². The van der Waals surface area contributed by atoms with Crippen molar-refractivity contribution in [2.45, 2.75) is 19.4 Å². The van der Waals surface area contributed by atoms with Crippen LogP contribution in [0.4, 0.5) is 11.4 Å². The summed E-state index contributed by atoms with van der Waals surface area (Å²) < 4.78 is 5.26. The van der Waals surface area contributed by atoms with Gasteiger partial charge in [-0.15, -0.1) is 0 Å². The summed E-state index contributed by atoms with van der Waals surface area (Å²) in [6.07, 6.45) is 0.252. The highest BCUT2D eigenvalue weighted by molar-refractivity contribution is 5.67. The van der Waals surface area contributed by atoms with E-state index in [-0.39, 0.29) is 0 Å². The molecule has 0 bridgehead atoms. The SMILES string of the molecule is CC[C@@H](O)c1ccccc1N(C)c1cccc(OC)c1. The summed E-state index contributed by atoms with van der Waals surface area (Å²) >= 11 is 0. The maximum atomic E-state index is 10.2. The molecule has 0 unspecified atom stereocenters. The van der Waals surface area contributed by atoms with Gasteiger partial charge in [-0.05, 0) is 24.6 Å². The van der Waals surface area contributed by atoms with Crippen LogP contribution in [0.2, 0.25) is 0 Å². The van der Waals surface area contributed by atoms with Crippen LogP contribution in [-0.2, 0) is 0 Å². The maximum absolute atomic E-state index is 10.2. The van der Waals surface area contributed by atoms with Gasteiger partial charge in [-0.2, -0.15) is 0 Å². The highest BCUT2D eigenvalue weighted by Crippen LogP contribution is 2.33. The van der Waals surface area contributed by atoms with E-state index in [2.05, 4.69) is 4.90 Å². The molecule has 0 aliphatic carbocycles. The molecule has 1 N–H and O–H groups in total. The highest BCUT2D eigenvalue weighted by atomic mass is 16.5. The van der Waals surface area contributed by atoms with E-state index in [0.717, 1.165) is 22.7 Å². The number of rotatable bonds is 5. The molecule has 0 radical (unpaired) electrons.